The summed E-state index contributed by atoms with van der Waals surface area (Å²) in [5.41, 5.74) is 20.1. The molecule has 0 atom stereocenters. The summed E-state index contributed by atoms with van der Waals surface area (Å²) >= 11 is 0. The summed E-state index contributed by atoms with van der Waals surface area (Å²) in [6, 6.07) is 51.9. The zero-order valence-electron chi connectivity index (χ0n) is 32.3. The Kier molecular flexibility index (Phi) is 6.21. The van der Waals surface area contributed by atoms with Crippen molar-refractivity contribution < 1.29 is 8.83 Å². The molecule has 0 unspecified atom stereocenters. The molecule has 0 bridgehead atoms. The SMILES string of the molecule is CCc1ccc2c(c1)c1c3ccc(-c4ccc5c(c4)C(C)(C)c4ccccc4-5)cc3oc1c1oc3cc(-c4ccc5c(c4)C(C)(C)c4ccccc4-5)ccc3c21. The average Bonchev–Trinajstić information content (AvgIpc) is 3.93. The number of furan rings is 2. The molecule has 10 aromatic rings. The molecule has 268 valence electrons. The highest BCUT2D eigenvalue weighted by molar-refractivity contribution is 6.33. The fraction of sp³-hybridized carbons (Fsp3) is 0.148. The first kappa shape index (κ1) is 31.9. The van der Waals surface area contributed by atoms with Crippen LogP contribution < -0.4 is 0 Å². The van der Waals surface area contributed by atoms with Crippen LogP contribution in [0.2, 0.25) is 0 Å². The minimum atomic E-state index is -0.0585. The number of aryl methyl sites for hydroxylation is 1. The van der Waals surface area contributed by atoms with Gasteiger partial charge in [-0.1, -0.05) is 138 Å². The van der Waals surface area contributed by atoms with Crippen molar-refractivity contribution in [2.24, 2.45) is 0 Å². The van der Waals surface area contributed by atoms with Gasteiger partial charge in [0.2, 0.25) is 0 Å². The van der Waals surface area contributed by atoms with Gasteiger partial charge in [-0.25, -0.2) is 0 Å². The Morgan fingerprint density at radius 1 is 0.393 bits per heavy atom. The van der Waals surface area contributed by atoms with Crippen molar-refractivity contribution in [1.29, 1.82) is 0 Å². The smallest absolute Gasteiger partial charge is 0.179 e. The fourth-order valence-electron chi connectivity index (χ4n) is 10.4. The maximum Gasteiger partial charge on any atom is 0.179 e. The molecule has 0 spiro atoms. The zero-order valence-corrected chi connectivity index (χ0v) is 32.3. The van der Waals surface area contributed by atoms with Crippen LogP contribution in [0.5, 0.6) is 0 Å². The normalized spacial score (nSPS) is 14.9. The second-order valence-electron chi connectivity index (χ2n) is 17.1. The predicted molar refractivity (Wildman–Crippen MR) is 234 cm³/mol. The molecule has 0 N–H and O–H groups in total. The lowest BCUT2D eigenvalue weighted by molar-refractivity contribution is 0.634. The van der Waals surface area contributed by atoms with E-state index in [2.05, 4.69) is 174 Å². The lowest BCUT2D eigenvalue weighted by atomic mass is 9.81. The van der Waals surface area contributed by atoms with E-state index in [4.69, 9.17) is 8.83 Å². The highest BCUT2D eigenvalue weighted by Gasteiger charge is 2.36. The molecule has 2 aliphatic carbocycles. The van der Waals surface area contributed by atoms with Crippen LogP contribution in [0.4, 0.5) is 0 Å². The molecular weight excluding hydrogens is 681 g/mol. The van der Waals surface area contributed by atoms with Crippen LogP contribution in [0.3, 0.4) is 0 Å². The van der Waals surface area contributed by atoms with Crippen molar-refractivity contribution in [1.82, 2.24) is 0 Å². The van der Waals surface area contributed by atoms with Gasteiger partial charge in [0.1, 0.15) is 11.2 Å². The lowest BCUT2D eigenvalue weighted by Crippen LogP contribution is -2.14. The van der Waals surface area contributed by atoms with Crippen LogP contribution in [0, 0.1) is 0 Å². The first-order valence-corrected chi connectivity index (χ1v) is 20.0. The van der Waals surface area contributed by atoms with Gasteiger partial charge in [-0.05, 0) is 126 Å². The fourth-order valence-corrected chi connectivity index (χ4v) is 10.4. The third kappa shape index (κ3) is 4.11. The van der Waals surface area contributed by atoms with E-state index in [-0.39, 0.29) is 10.8 Å². The Morgan fingerprint density at radius 2 is 0.821 bits per heavy atom. The van der Waals surface area contributed by atoms with E-state index in [0.717, 1.165) is 61.4 Å². The number of hydrogen-bond donors (Lipinski definition) is 0. The van der Waals surface area contributed by atoms with Crippen LogP contribution in [0.25, 0.3) is 99.2 Å². The number of benzene rings is 8. The molecule has 0 amide bonds. The van der Waals surface area contributed by atoms with E-state index >= 15 is 0 Å². The van der Waals surface area contributed by atoms with E-state index in [1.807, 2.05) is 0 Å². The van der Waals surface area contributed by atoms with E-state index in [1.165, 1.54) is 72.0 Å². The van der Waals surface area contributed by atoms with Gasteiger partial charge in [0.25, 0.3) is 0 Å². The first-order chi connectivity index (χ1) is 27.2. The number of hydrogen-bond acceptors (Lipinski definition) is 2. The van der Waals surface area contributed by atoms with Gasteiger partial charge in [-0.3, -0.25) is 0 Å². The summed E-state index contributed by atoms with van der Waals surface area (Å²) in [6.07, 6.45) is 0.964. The number of fused-ring (bicyclic) bond motifs is 16. The van der Waals surface area contributed by atoms with Gasteiger partial charge in [-0.2, -0.15) is 0 Å². The summed E-state index contributed by atoms with van der Waals surface area (Å²) in [5.74, 6) is 0. The highest BCUT2D eigenvalue weighted by atomic mass is 16.4. The van der Waals surface area contributed by atoms with Crippen molar-refractivity contribution in [2.45, 2.75) is 51.9 Å². The molecule has 2 heteroatoms. The van der Waals surface area contributed by atoms with E-state index in [9.17, 15) is 0 Å². The molecule has 2 aliphatic rings. The maximum atomic E-state index is 6.95. The maximum absolute atomic E-state index is 6.95. The van der Waals surface area contributed by atoms with Gasteiger partial charge < -0.3 is 8.83 Å². The molecule has 0 radical (unpaired) electrons. The molecule has 2 heterocycles. The molecule has 2 nitrogen and oxygen atoms in total. The van der Waals surface area contributed by atoms with Gasteiger partial charge in [-0.15, -0.1) is 0 Å². The highest BCUT2D eigenvalue weighted by Crippen LogP contribution is 2.52. The molecular formula is C54H40O2. The minimum absolute atomic E-state index is 0.0581. The van der Waals surface area contributed by atoms with Crippen molar-refractivity contribution >= 4 is 54.6 Å². The summed E-state index contributed by atoms with van der Waals surface area (Å²) in [6.45, 7) is 11.6. The average molecular weight is 721 g/mol. The summed E-state index contributed by atoms with van der Waals surface area (Å²) in [5, 5.41) is 6.86. The Morgan fingerprint density at radius 3 is 1.34 bits per heavy atom. The van der Waals surface area contributed by atoms with Crippen molar-refractivity contribution in [2.75, 3.05) is 0 Å². The molecule has 8 aromatic carbocycles. The van der Waals surface area contributed by atoms with E-state index in [0.29, 0.717) is 0 Å². The molecule has 0 saturated carbocycles. The molecule has 2 aromatic heterocycles. The molecule has 12 rings (SSSR count). The van der Waals surface area contributed by atoms with Crippen LogP contribution in [-0.2, 0) is 17.3 Å². The number of rotatable bonds is 3. The molecule has 0 saturated heterocycles. The Labute approximate surface area is 326 Å². The molecule has 0 fully saturated rings. The summed E-state index contributed by atoms with van der Waals surface area (Å²) < 4.78 is 13.9. The molecule has 0 aliphatic heterocycles. The van der Waals surface area contributed by atoms with E-state index < -0.39 is 0 Å². The zero-order chi connectivity index (χ0) is 37.7. The van der Waals surface area contributed by atoms with Crippen LogP contribution >= 0.6 is 0 Å². The largest absolute Gasteiger partial charge is 0.452 e. The van der Waals surface area contributed by atoms with Gasteiger partial charge >= 0.3 is 0 Å². The molecule has 56 heavy (non-hydrogen) atoms. The van der Waals surface area contributed by atoms with Gasteiger partial charge in [0.15, 0.2) is 11.2 Å². The monoisotopic (exact) mass is 720 g/mol. The Balaban J connectivity index is 1.04. The Hall–Kier alpha value is -6.38. The topological polar surface area (TPSA) is 26.3 Å². The van der Waals surface area contributed by atoms with Crippen molar-refractivity contribution in [3.05, 3.63) is 167 Å². The van der Waals surface area contributed by atoms with Gasteiger partial charge in [0, 0.05) is 32.4 Å². The van der Waals surface area contributed by atoms with Crippen molar-refractivity contribution in [3.8, 4) is 44.5 Å². The first-order valence-electron chi connectivity index (χ1n) is 20.0. The summed E-state index contributed by atoms with van der Waals surface area (Å²) in [4.78, 5) is 0. The van der Waals surface area contributed by atoms with Crippen molar-refractivity contribution in [3.63, 3.8) is 0 Å². The standard InChI is InChI=1S/C54H40O2/c1-6-30-15-20-39-42(25-30)50-41-24-19-34(32-17-22-38-36-12-8-10-14-44(36)54(4,5)46(38)27-32)29-48(41)56-52(50)51-49(39)40-23-18-33(28-47(40)55-51)31-16-21-37-35-11-7-9-13-43(35)53(2,3)45(37)26-31/h7-29H,6H2,1-5H3. The van der Waals surface area contributed by atoms with Crippen LogP contribution in [-0.4, -0.2) is 0 Å². The van der Waals surface area contributed by atoms with Crippen LogP contribution in [0.15, 0.2) is 148 Å². The third-order valence-corrected chi connectivity index (χ3v) is 13.5. The lowest BCUT2D eigenvalue weighted by Gasteiger charge is -2.22. The van der Waals surface area contributed by atoms with Crippen LogP contribution in [0.1, 0.15) is 62.4 Å². The minimum Gasteiger partial charge on any atom is -0.452 e. The second kappa shape index (κ2) is 10.9. The van der Waals surface area contributed by atoms with E-state index in [1.54, 1.807) is 0 Å². The van der Waals surface area contributed by atoms with Gasteiger partial charge in [0.05, 0.1) is 0 Å². The quantitative estimate of drug-likeness (QED) is 0.182. The summed E-state index contributed by atoms with van der Waals surface area (Å²) in [7, 11) is 0. The second-order valence-corrected chi connectivity index (χ2v) is 17.1. The predicted octanol–water partition coefficient (Wildman–Crippen LogP) is 15.1. The Bertz CT molecular complexity index is 3340. The third-order valence-electron chi connectivity index (χ3n) is 13.5.